The molecule has 0 bridgehead atoms. The molecule has 0 amide bonds. The lowest BCUT2D eigenvalue weighted by atomic mass is 9.89. The molecule has 1 aliphatic carbocycles. The van der Waals surface area contributed by atoms with Crippen LogP contribution < -0.4 is 5.32 Å². The highest BCUT2D eigenvalue weighted by Gasteiger charge is 2.30. The SMILES string of the molecule is CN=C(NCC1(C)CCCC1)N1CCC(OCC2CCCO2)CC1.I. The summed E-state index contributed by atoms with van der Waals surface area (Å²) in [5.74, 6) is 1.07. The number of ether oxygens (including phenoxy) is 2. The summed E-state index contributed by atoms with van der Waals surface area (Å²) in [6.45, 7) is 7.21. The van der Waals surface area contributed by atoms with Crippen LogP contribution in [0.25, 0.3) is 0 Å². The van der Waals surface area contributed by atoms with Gasteiger partial charge >= 0.3 is 0 Å². The Labute approximate surface area is 170 Å². The summed E-state index contributed by atoms with van der Waals surface area (Å²) >= 11 is 0. The number of hydrogen-bond donors (Lipinski definition) is 1. The number of nitrogens with one attached hydrogen (secondary N) is 1. The highest BCUT2D eigenvalue weighted by Crippen LogP contribution is 2.36. The van der Waals surface area contributed by atoms with Gasteiger partial charge in [-0.05, 0) is 43.9 Å². The molecule has 0 aromatic heterocycles. The summed E-state index contributed by atoms with van der Waals surface area (Å²) in [7, 11) is 1.90. The van der Waals surface area contributed by atoms with Crippen molar-refractivity contribution in [3.63, 3.8) is 0 Å². The fourth-order valence-electron chi connectivity index (χ4n) is 4.28. The van der Waals surface area contributed by atoms with Crippen LogP contribution in [0.5, 0.6) is 0 Å². The summed E-state index contributed by atoms with van der Waals surface area (Å²) in [6.07, 6.45) is 10.7. The molecule has 146 valence electrons. The summed E-state index contributed by atoms with van der Waals surface area (Å²) in [5, 5.41) is 3.63. The molecule has 0 aromatic carbocycles. The molecule has 2 saturated heterocycles. The van der Waals surface area contributed by atoms with Gasteiger partial charge < -0.3 is 19.7 Å². The first-order valence-corrected chi connectivity index (χ1v) is 9.87. The Morgan fingerprint density at radius 2 is 1.92 bits per heavy atom. The molecule has 0 aromatic rings. The maximum absolute atomic E-state index is 6.07. The predicted molar refractivity (Wildman–Crippen MR) is 113 cm³/mol. The largest absolute Gasteiger partial charge is 0.376 e. The van der Waals surface area contributed by atoms with E-state index in [-0.39, 0.29) is 24.0 Å². The average molecular weight is 465 g/mol. The second-order valence-electron chi connectivity index (χ2n) is 8.07. The van der Waals surface area contributed by atoms with Crippen LogP contribution in [0.2, 0.25) is 0 Å². The Hall–Kier alpha value is -0.0800. The minimum atomic E-state index is 0. The summed E-state index contributed by atoms with van der Waals surface area (Å²) in [5.41, 5.74) is 0.457. The highest BCUT2D eigenvalue weighted by atomic mass is 127. The summed E-state index contributed by atoms with van der Waals surface area (Å²) in [6, 6.07) is 0. The van der Waals surface area contributed by atoms with Crippen molar-refractivity contribution in [2.24, 2.45) is 10.4 Å². The van der Waals surface area contributed by atoms with E-state index in [1.165, 1.54) is 32.1 Å². The number of nitrogens with zero attached hydrogens (tertiary/aromatic N) is 2. The zero-order valence-electron chi connectivity index (χ0n) is 16.0. The number of aliphatic imine (C=N–C) groups is 1. The lowest BCUT2D eigenvalue weighted by molar-refractivity contribution is -0.0367. The van der Waals surface area contributed by atoms with E-state index >= 15 is 0 Å². The third-order valence-electron chi connectivity index (χ3n) is 5.98. The third-order valence-corrected chi connectivity index (χ3v) is 5.98. The van der Waals surface area contributed by atoms with Crippen molar-refractivity contribution < 1.29 is 9.47 Å². The molecular formula is C19H36IN3O2. The number of likely N-dealkylation sites (tertiary alicyclic amines) is 1. The molecule has 3 fully saturated rings. The topological polar surface area (TPSA) is 46.1 Å². The van der Waals surface area contributed by atoms with E-state index in [1.54, 1.807) is 0 Å². The van der Waals surface area contributed by atoms with E-state index in [9.17, 15) is 0 Å². The van der Waals surface area contributed by atoms with E-state index in [0.29, 0.717) is 17.6 Å². The van der Waals surface area contributed by atoms with Gasteiger partial charge in [0.2, 0.25) is 0 Å². The van der Waals surface area contributed by atoms with Crippen LogP contribution in [-0.4, -0.2) is 63.0 Å². The van der Waals surface area contributed by atoms with Gasteiger partial charge in [0.1, 0.15) is 0 Å². The van der Waals surface area contributed by atoms with Crippen molar-refractivity contribution in [3.05, 3.63) is 0 Å². The minimum absolute atomic E-state index is 0. The molecule has 5 nitrogen and oxygen atoms in total. The second kappa shape index (κ2) is 10.3. The maximum Gasteiger partial charge on any atom is 0.193 e. The maximum atomic E-state index is 6.07. The second-order valence-corrected chi connectivity index (χ2v) is 8.07. The van der Waals surface area contributed by atoms with Crippen molar-refractivity contribution in [1.29, 1.82) is 0 Å². The van der Waals surface area contributed by atoms with Crippen LogP contribution in [0, 0.1) is 5.41 Å². The molecule has 3 aliphatic rings. The first kappa shape index (κ1) is 21.2. The molecule has 6 heteroatoms. The Bertz CT molecular complexity index is 413. The van der Waals surface area contributed by atoms with Crippen molar-refractivity contribution in [3.8, 4) is 0 Å². The summed E-state index contributed by atoms with van der Waals surface area (Å²) < 4.78 is 11.7. The molecule has 2 aliphatic heterocycles. The summed E-state index contributed by atoms with van der Waals surface area (Å²) in [4.78, 5) is 6.90. The highest BCUT2D eigenvalue weighted by molar-refractivity contribution is 14.0. The Kier molecular flexibility index (Phi) is 8.75. The molecule has 25 heavy (non-hydrogen) atoms. The molecular weight excluding hydrogens is 429 g/mol. The van der Waals surface area contributed by atoms with Gasteiger partial charge in [0, 0.05) is 33.3 Å². The number of halogens is 1. The van der Waals surface area contributed by atoms with Gasteiger partial charge in [0.05, 0.1) is 18.8 Å². The van der Waals surface area contributed by atoms with E-state index < -0.39 is 0 Å². The molecule has 1 saturated carbocycles. The molecule has 1 unspecified atom stereocenters. The van der Waals surface area contributed by atoms with Crippen molar-refractivity contribution in [2.45, 2.75) is 70.5 Å². The Balaban J connectivity index is 0.00000225. The smallest absolute Gasteiger partial charge is 0.193 e. The lowest BCUT2D eigenvalue weighted by Gasteiger charge is -2.35. The molecule has 2 heterocycles. The number of rotatable bonds is 5. The van der Waals surface area contributed by atoms with Crippen LogP contribution in [0.3, 0.4) is 0 Å². The fraction of sp³-hybridized carbons (Fsp3) is 0.947. The van der Waals surface area contributed by atoms with Gasteiger partial charge in [-0.2, -0.15) is 0 Å². The molecule has 0 radical (unpaired) electrons. The van der Waals surface area contributed by atoms with Crippen molar-refractivity contribution >= 4 is 29.9 Å². The molecule has 1 atom stereocenters. The van der Waals surface area contributed by atoms with Gasteiger partial charge in [-0.3, -0.25) is 4.99 Å². The molecule has 3 rings (SSSR count). The van der Waals surface area contributed by atoms with Gasteiger partial charge in [-0.15, -0.1) is 24.0 Å². The standard InChI is InChI=1S/C19H35N3O2.HI/c1-19(9-3-4-10-19)15-21-18(20-2)22-11-7-16(8-12-22)24-14-17-6-5-13-23-17;/h16-17H,3-15H2,1-2H3,(H,20,21);1H. The normalized spacial score (nSPS) is 27.4. The first-order chi connectivity index (χ1) is 11.7. The van der Waals surface area contributed by atoms with E-state index in [1.807, 2.05) is 7.05 Å². The lowest BCUT2D eigenvalue weighted by Crippen LogP contribution is -2.49. The number of guanidine groups is 1. The third kappa shape index (κ3) is 6.24. The van der Waals surface area contributed by atoms with E-state index in [2.05, 4.69) is 22.1 Å². The minimum Gasteiger partial charge on any atom is -0.376 e. The van der Waals surface area contributed by atoms with Crippen molar-refractivity contribution in [2.75, 3.05) is 39.9 Å². The molecule has 1 N–H and O–H groups in total. The number of piperidine rings is 1. The Morgan fingerprint density at radius 1 is 1.20 bits per heavy atom. The Morgan fingerprint density at radius 3 is 2.52 bits per heavy atom. The van der Waals surface area contributed by atoms with Gasteiger partial charge in [-0.25, -0.2) is 0 Å². The predicted octanol–water partition coefficient (Wildman–Crippen LogP) is 3.42. The van der Waals surface area contributed by atoms with Crippen LogP contribution in [0.15, 0.2) is 4.99 Å². The van der Waals surface area contributed by atoms with Gasteiger partial charge in [0.25, 0.3) is 0 Å². The monoisotopic (exact) mass is 465 g/mol. The zero-order valence-corrected chi connectivity index (χ0v) is 18.3. The fourth-order valence-corrected chi connectivity index (χ4v) is 4.28. The van der Waals surface area contributed by atoms with Crippen LogP contribution in [0.1, 0.15) is 58.3 Å². The van der Waals surface area contributed by atoms with E-state index in [4.69, 9.17) is 9.47 Å². The van der Waals surface area contributed by atoms with Crippen LogP contribution in [0.4, 0.5) is 0 Å². The zero-order chi connectivity index (χ0) is 16.8. The quantitative estimate of drug-likeness (QED) is 0.384. The molecule has 0 spiro atoms. The van der Waals surface area contributed by atoms with Gasteiger partial charge in [-0.1, -0.05) is 19.8 Å². The van der Waals surface area contributed by atoms with Crippen molar-refractivity contribution in [1.82, 2.24) is 10.2 Å². The van der Waals surface area contributed by atoms with Gasteiger partial charge in [0.15, 0.2) is 5.96 Å². The first-order valence-electron chi connectivity index (χ1n) is 9.87. The van der Waals surface area contributed by atoms with Crippen LogP contribution in [-0.2, 0) is 9.47 Å². The average Bonchev–Trinajstić information content (AvgIpc) is 3.27. The van der Waals surface area contributed by atoms with E-state index in [0.717, 1.165) is 58.1 Å². The number of hydrogen-bond acceptors (Lipinski definition) is 3. The van der Waals surface area contributed by atoms with Crippen LogP contribution >= 0.6 is 24.0 Å².